The van der Waals surface area contributed by atoms with Gasteiger partial charge in [0.05, 0.1) is 12.2 Å². The van der Waals surface area contributed by atoms with Gasteiger partial charge in [-0.05, 0) is 18.6 Å². The van der Waals surface area contributed by atoms with Crippen molar-refractivity contribution >= 4 is 21.8 Å². The van der Waals surface area contributed by atoms with Crippen LogP contribution in [0.5, 0.6) is 0 Å². The molecule has 9 heteroatoms. The second kappa shape index (κ2) is 5.88. The van der Waals surface area contributed by atoms with Crippen LogP contribution in [0.1, 0.15) is 19.0 Å². The Morgan fingerprint density at radius 2 is 2.19 bits per heavy atom. The Bertz CT molecular complexity index is 674. The van der Waals surface area contributed by atoms with Crippen LogP contribution in [0.3, 0.4) is 0 Å². The number of imide groups is 1. The molecule has 3 N–H and O–H groups in total. The zero-order valence-corrected chi connectivity index (χ0v) is 12.3. The highest BCUT2D eigenvalue weighted by Gasteiger charge is 2.41. The third kappa shape index (κ3) is 2.80. The Balaban J connectivity index is 2.51. The Morgan fingerprint density at radius 1 is 1.48 bits per heavy atom. The minimum Gasteiger partial charge on any atom is -0.325 e. The summed E-state index contributed by atoms with van der Waals surface area (Å²) in [4.78, 5) is 27.2. The minimum atomic E-state index is -4.02. The lowest BCUT2D eigenvalue weighted by atomic mass is 10.2. The van der Waals surface area contributed by atoms with Crippen LogP contribution >= 0.6 is 0 Å². The first-order valence-corrected chi connectivity index (χ1v) is 7.85. The van der Waals surface area contributed by atoms with Crippen molar-refractivity contribution in [3.63, 3.8) is 0 Å². The van der Waals surface area contributed by atoms with Gasteiger partial charge >= 0.3 is 0 Å². The molecule has 1 unspecified atom stereocenters. The molecule has 0 saturated carbocycles. The summed E-state index contributed by atoms with van der Waals surface area (Å²) in [5, 5.41) is 2.14. The lowest BCUT2D eigenvalue weighted by Gasteiger charge is -2.32. The minimum absolute atomic E-state index is 0.0554. The fraction of sp³-hybridized carbons (Fsp3) is 0.417. The number of pyridine rings is 1. The monoisotopic (exact) mass is 312 g/mol. The summed E-state index contributed by atoms with van der Waals surface area (Å²) in [5.74, 6) is -1.26. The summed E-state index contributed by atoms with van der Waals surface area (Å²) in [7, 11) is -4.02. The molecule has 1 aliphatic rings. The van der Waals surface area contributed by atoms with Crippen molar-refractivity contribution in [1.29, 1.82) is 0 Å². The highest BCUT2D eigenvalue weighted by Crippen LogP contribution is 2.23. The maximum Gasteiger partial charge on any atom is 0.246 e. The van der Waals surface area contributed by atoms with Crippen LogP contribution in [0.4, 0.5) is 0 Å². The quantitative estimate of drug-likeness (QED) is 0.685. The molecule has 0 bridgehead atoms. The van der Waals surface area contributed by atoms with Crippen molar-refractivity contribution in [2.24, 2.45) is 5.73 Å². The second-order valence-electron chi connectivity index (χ2n) is 4.54. The van der Waals surface area contributed by atoms with E-state index in [2.05, 4.69) is 10.3 Å². The molecule has 1 saturated heterocycles. The van der Waals surface area contributed by atoms with E-state index in [4.69, 9.17) is 5.73 Å². The van der Waals surface area contributed by atoms with E-state index < -0.39 is 34.4 Å². The number of nitrogens with two attached hydrogens (primary N) is 1. The average molecular weight is 312 g/mol. The number of sulfonamides is 1. The van der Waals surface area contributed by atoms with Crippen LogP contribution < -0.4 is 11.1 Å². The number of rotatable bonds is 4. The van der Waals surface area contributed by atoms with Crippen LogP contribution in [0.25, 0.3) is 0 Å². The molecule has 2 amide bonds. The van der Waals surface area contributed by atoms with Gasteiger partial charge in [0.1, 0.15) is 10.9 Å². The third-order valence-corrected chi connectivity index (χ3v) is 5.16. The van der Waals surface area contributed by atoms with E-state index in [-0.39, 0.29) is 23.6 Å². The molecular weight excluding hydrogens is 296 g/mol. The Kier molecular flexibility index (Phi) is 4.35. The van der Waals surface area contributed by atoms with E-state index in [1.54, 1.807) is 6.92 Å². The van der Waals surface area contributed by atoms with Gasteiger partial charge < -0.3 is 5.73 Å². The number of piperazine rings is 1. The molecule has 0 radical (unpaired) electrons. The summed E-state index contributed by atoms with van der Waals surface area (Å²) in [6, 6.07) is 1.92. The van der Waals surface area contributed by atoms with Crippen LogP contribution in [-0.2, 0) is 26.2 Å². The summed E-state index contributed by atoms with van der Waals surface area (Å²) in [6.07, 6.45) is 1.70. The molecule has 2 heterocycles. The molecule has 1 aromatic rings. The van der Waals surface area contributed by atoms with Gasteiger partial charge in [0.2, 0.25) is 21.8 Å². The maximum atomic E-state index is 12.7. The maximum absolute atomic E-state index is 12.7. The van der Waals surface area contributed by atoms with E-state index in [9.17, 15) is 18.0 Å². The molecule has 0 aromatic carbocycles. The van der Waals surface area contributed by atoms with Crippen molar-refractivity contribution in [3.05, 3.63) is 24.0 Å². The molecule has 1 fully saturated rings. The van der Waals surface area contributed by atoms with Crippen LogP contribution in [0.2, 0.25) is 0 Å². The molecule has 1 atom stereocenters. The fourth-order valence-electron chi connectivity index (χ4n) is 2.22. The second-order valence-corrected chi connectivity index (χ2v) is 6.40. The summed E-state index contributed by atoms with van der Waals surface area (Å²) < 4.78 is 26.4. The lowest BCUT2D eigenvalue weighted by molar-refractivity contribution is -0.137. The molecule has 0 aliphatic carbocycles. The van der Waals surface area contributed by atoms with Crippen molar-refractivity contribution in [2.45, 2.75) is 30.8 Å². The van der Waals surface area contributed by atoms with E-state index in [1.807, 2.05) is 0 Å². The SMILES string of the molecule is CCC1C(=O)NC(=O)CN1S(=O)(=O)c1cccnc1CN. The lowest BCUT2D eigenvalue weighted by Crippen LogP contribution is -2.59. The smallest absolute Gasteiger partial charge is 0.246 e. The largest absolute Gasteiger partial charge is 0.325 e. The Hall–Kier alpha value is -1.84. The number of nitrogens with zero attached hydrogens (tertiary/aromatic N) is 2. The zero-order chi connectivity index (χ0) is 15.6. The number of carbonyl (C=O) groups is 2. The third-order valence-electron chi connectivity index (χ3n) is 3.23. The van der Waals surface area contributed by atoms with Crippen molar-refractivity contribution in [2.75, 3.05) is 6.54 Å². The standard InChI is InChI=1S/C12H16N4O4S/c1-2-9-12(18)15-11(17)7-16(9)21(19,20)10-4-3-5-14-8(10)6-13/h3-5,9H,2,6-7,13H2,1H3,(H,15,17,18). The normalized spacial score (nSPS) is 20.4. The van der Waals surface area contributed by atoms with E-state index in [0.717, 1.165) is 4.31 Å². The van der Waals surface area contributed by atoms with E-state index in [0.29, 0.717) is 0 Å². The molecule has 1 aliphatic heterocycles. The topological polar surface area (TPSA) is 122 Å². The van der Waals surface area contributed by atoms with Crippen molar-refractivity contribution in [3.8, 4) is 0 Å². The molecule has 2 rings (SSSR count). The Labute approximate surface area is 122 Å². The number of nitrogens with one attached hydrogen (secondary N) is 1. The molecule has 0 spiro atoms. The van der Waals surface area contributed by atoms with E-state index >= 15 is 0 Å². The molecular formula is C12H16N4O4S. The van der Waals surface area contributed by atoms with Crippen molar-refractivity contribution < 1.29 is 18.0 Å². The molecule has 114 valence electrons. The molecule has 21 heavy (non-hydrogen) atoms. The van der Waals surface area contributed by atoms with Crippen LogP contribution in [0.15, 0.2) is 23.2 Å². The van der Waals surface area contributed by atoms with Crippen molar-refractivity contribution in [1.82, 2.24) is 14.6 Å². The van der Waals surface area contributed by atoms with Crippen LogP contribution in [-0.4, -0.2) is 42.1 Å². The zero-order valence-electron chi connectivity index (χ0n) is 11.4. The summed E-state index contributed by atoms with van der Waals surface area (Å²) in [6.45, 7) is 1.22. The van der Waals surface area contributed by atoms with Gasteiger partial charge in [-0.15, -0.1) is 0 Å². The Morgan fingerprint density at radius 3 is 2.81 bits per heavy atom. The van der Waals surface area contributed by atoms with Gasteiger partial charge in [-0.25, -0.2) is 8.42 Å². The first kappa shape index (κ1) is 15.5. The predicted molar refractivity (Wildman–Crippen MR) is 73.2 cm³/mol. The van der Waals surface area contributed by atoms with E-state index in [1.165, 1.54) is 18.3 Å². The number of carbonyl (C=O) groups excluding carboxylic acids is 2. The summed E-state index contributed by atoms with van der Waals surface area (Å²) in [5.41, 5.74) is 5.71. The first-order valence-electron chi connectivity index (χ1n) is 6.41. The highest BCUT2D eigenvalue weighted by molar-refractivity contribution is 7.89. The van der Waals surface area contributed by atoms with Gasteiger partial charge in [-0.1, -0.05) is 6.92 Å². The summed E-state index contributed by atoms with van der Waals surface area (Å²) >= 11 is 0. The average Bonchev–Trinajstić information content (AvgIpc) is 2.46. The van der Waals surface area contributed by atoms with Gasteiger partial charge in [-0.2, -0.15) is 4.31 Å². The first-order chi connectivity index (χ1) is 9.91. The predicted octanol–water partition coefficient (Wildman–Crippen LogP) is -1.03. The fourth-order valence-corrected chi connectivity index (χ4v) is 4.03. The van der Waals surface area contributed by atoms with Gasteiger partial charge in [0.15, 0.2) is 0 Å². The van der Waals surface area contributed by atoms with Gasteiger partial charge in [0, 0.05) is 12.7 Å². The number of aromatic nitrogens is 1. The molecule has 8 nitrogen and oxygen atoms in total. The number of hydrogen-bond donors (Lipinski definition) is 2. The van der Waals surface area contributed by atoms with Gasteiger partial charge in [0.25, 0.3) is 0 Å². The number of hydrogen-bond acceptors (Lipinski definition) is 6. The van der Waals surface area contributed by atoms with Gasteiger partial charge in [-0.3, -0.25) is 19.9 Å². The highest BCUT2D eigenvalue weighted by atomic mass is 32.2. The van der Waals surface area contributed by atoms with Crippen LogP contribution in [0, 0.1) is 0 Å². The number of amides is 2. The molecule has 1 aromatic heterocycles.